The number of rotatable bonds is 1. The summed E-state index contributed by atoms with van der Waals surface area (Å²) in [7, 11) is 0. The molecule has 0 atom stereocenters. The third-order valence-electron chi connectivity index (χ3n) is 2.69. The molecule has 0 radical (unpaired) electrons. The van der Waals surface area contributed by atoms with Crippen LogP contribution < -0.4 is 11.1 Å². The van der Waals surface area contributed by atoms with Gasteiger partial charge in [0.25, 0.3) is 5.56 Å². The van der Waals surface area contributed by atoms with Gasteiger partial charge in [-0.15, -0.1) is 0 Å². The van der Waals surface area contributed by atoms with E-state index < -0.39 is 0 Å². The van der Waals surface area contributed by atoms with E-state index in [1.54, 1.807) is 13.0 Å². The molecular formula is C12H14N2O2. The van der Waals surface area contributed by atoms with Crippen molar-refractivity contribution in [3.05, 3.63) is 44.0 Å². The van der Waals surface area contributed by atoms with Crippen LogP contribution in [-0.4, -0.2) is 9.97 Å². The van der Waals surface area contributed by atoms with Crippen LogP contribution in [0, 0.1) is 6.92 Å². The molecule has 0 spiro atoms. The van der Waals surface area contributed by atoms with Gasteiger partial charge in [-0.2, -0.15) is 0 Å². The Morgan fingerprint density at radius 2 is 1.81 bits per heavy atom. The molecule has 4 nitrogen and oxygen atoms in total. The molecule has 2 aromatic heterocycles. The second-order valence-corrected chi connectivity index (χ2v) is 4.31. The summed E-state index contributed by atoms with van der Waals surface area (Å²) in [6.07, 6.45) is 0. The van der Waals surface area contributed by atoms with Crippen molar-refractivity contribution >= 4 is 11.0 Å². The molecule has 2 N–H and O–H groups in total. The fourth-order valence-corrected chi connectivity index (χ4v) is 1.82. The van der Waals surface area contributed by atoms with Gasteiger partial charge >= 0.3 is 0 Å². The molecular weight excluding hydrogens is 204 g/mol. The second-order valence-electron chi connectivity index (χ2n) is 4.31. The summed E-state index contributed by atoms with van der Waals surface area (Å²) >= 11 is 0. The molecule has 84 valence electrons. The quantitative estimate of drug-likeness (QED) is 0.764. The number of H-pyrrole nitrogens is 2. The van der Waals surface area contributed by atoms with E-state index >= 15 is 0 Å². The molecule has 0 aliphatic heterocycles. The van der Waals surface area contributed by atoms with Crippen molar-refractivity contribution < 1.29 is 0 Å². The highest BCUT2D eigenvalue weighted by Gasteiger charge is 2.08. The summed E-state index contributed by atoms with van der Waals surface area (Å²) in [5.41, 5.74) is 1.77. The summed E-state index contributed by atoms with van der Waals surface area (Å²) in [5, 5.41) is 0.909. The van der Waals surface area contributed by atoms with Crippen LogP contribution in [0.1, 0.15) is 30.9 Å². The maximum absolute atomic E-state index is 11.4. The average Bonchev–Trinajstić information content (AvgIpc) is 2.19. The first-order valence-corrected chi connectivity index (χ1v) is 5.26. The highest BCUT2D eigenvalue weighted by Crippen LogP contribution is 2.20. The largest absolute Gasteiger partial charge is 0.308 e. The van der Waals surface area contributed by atoms with Gasteiger partial charge in [0.15, 0.2) is 0 Å². The number of hydrogen-bond donors (Lipinski definition) is 2. The van der Waals surface area contributed by atoms with Gasteiger partial charge in [-0.25, -0.2) is 0 Å². The Labute approximate surface area is 92.3 Å². The minimum Gasteiger partial charge on any atom is -0.308 e. The number of fused-ring (bicyclic) bond motifs is 1. The predicted octanol–water partition coefficient (Wildman–Crippen LogP) is 1.65. The van der Waals surface area contributed by atoms with Crippen molar-refractivity contribution in [2.45, 2.75) is 26.7 Å². The number of aryl methyl sites for hydroxylation is 1. The van der Waals surface area contributed by atoms with E-state index in [0.29, 0.717) is 11.2 Å². The molecule has 0 bridgehead atoms. The highest BCUT2D eigenvalue weighted by atomic mass is 16.1. The van der Waals surface area contributed by atoms with Gasteiger partial charge in [0.1, 0.15) is 5.65 Å². The lowest BCUT2D eigenvalue weighted by Gasteiger charge is -2.09. The van der Waals surface area contributed by atoms with Crippen molar-refractivity contribution in [3.63, 3.8) is 0 Å². The highest BCUT2D eigenvalue weighted by molar-refractivity contribution is 5.79. The van der Waals surface area contributed by atoms with E-state index in [9.17, 15) is 9.59 Å². The van der Waals surface area contributed by atoms with Gasteiger partial charge in [-0.05, 0) is 24.5 Å². The third kappa shape index (κ3) is 1.66. The maximum Gasteiger partial charge on any atom is 0.252 e. The van der Waals surface area contributed by atoms with Crippen LogP contribution in [0.3, 0.4) is 0 Å². The van der Waals surface area contributed by atoms with Crippen LogP contribution in [0.25, 0.3) is 11.0 Å². The Morgan fingerprint density at radius 3 is 2.44 bits per heavy atom. The van der Waals surface area contributed by atoms with Gasteiger partial charge in [-0.1, -0.05) is 13.8 Å². The number of nitrogens with one attached hydrogen (secondary N) is 2. The number of aromatic amines is 2. The molecule has 2 heterocycles. The molecule has 0 aromatic carbocycles. The smallest absolute Gasteiger partial charge is 0.252 e. The predicted molar refractivity (Wildman–Crippen MR) is 64.0 cm³/mol. The van der Waals surface area contributed by atoms with E-state index in [0.717, 1.165) is 10.9 Å². The Balaban J connectivity index is 2.96. The second kappa shape index (κ2) is 3.63. The number of pyridine rings is 2. The lowest BCUT2D eigenvalue weighted by Crippen LogP contribution is -2.15. The summed E-state index contributed by atoms with van der Waals surface area (Å²) < 4.78 is 0. The molecule has 0 unspecified atom stereocenters. The van der Waals surface area contributed by atoms with Gasteiger partial charge in [0.05, 0.1) is 0 Å². The first-order valence-electron chi connectivity index (χ1n) is 5.26. The average molecular weight is 218 g/mol. The van der Waals surface area contributed by atoms with Gasteiger partial charge in [0.2, 0.25) is 5.56 Å². The maximum atomic E-state index is 11.4. The van der Waals surface area contributed by atoms with Gasteiger partial charge in [-0.3, -0.25) is 9.59 Å². The molecule has 0 aliphatic carbocycles. The SMILES string of the molecule is Cc1cc2c(C(C)C)cc(=O)[nH]c2[nH]c1=O. The Kier molecular flexibility index (Phi) is 2.42. The van der Waals surface area contributed by atoms with Crippen molar-refractivity contribution in [3.8, 4) is 0 Å². The third-order valence-corrected chi connectivity index (χ3v) is 2.69. The summed E-state index contributed by atoms with van der Waals surface area (Å²) in [6.45, 7) is 5.80. The van der Waals surface area contributed by atoms with Crippen molar-refractivity contribution in [2.75, 3.05) is 0 Å². The number of hydrogen-bond acceptors (Lipinski definition) is 2. The molecule has 4 heteroatoms. The number of aromatic nitrogens is 2. The van der Waals surface area contributed by atoms with E-state index in [1.165, 1.54) is 0 Å². The van der Waals surface area contributed by atoms with Crippen LogP contribution in [0.15, 0.2) is 21.7 Å². The normalized spacial score (nSPS) is 11.2. The summed E-state index contributed by atoms with van der Waals surface area (Å²) in [4.78, 5) is 28.2. The molecule has 0 saturated heterocycles. The minimum atomic E-state index is -0.185. The van der Waals surface area contributed by atoms with E-state index in [4.69, 9.17) is 0 Å². The summed E-state index contributed by atoms with van der Waals surface area (Å²) in [5.74, 6) is 0.245. The van der Waals surface area contributed by atoms with Crippen LogP contribution >= 0.6 is 0 Å². The van der Waals surface area contributed by atoms with E-state index in [2.05, 4.69) is 9.97 Å². The van der Waals surface area contributed by atoms with Crippen LogP contribution in [-0.2, 0) is 0 Å². The molecule has 0 amide bonds. The fourth-order valence-electron chi connectivity index (χ4n) is 1.82. The standard InChI is InChI=1S/C12H14N2O2/c1-6(2)8-5-10(15)13-11-9(8)4-7(3)12(16)14-11/h4-6H,1-3H3,(H2,13,14,15,16). The van der Waals surface area contributed by atoms with Crippen molar-refractivity contribution in [1.29, 1.82) is 0 Å². The monoisotopic (exact) mass is 218 g/mol. The lowest BCUT2D eigenvalue weighted by molar-refractivity contribution is 0.870. The molecule has 0 aliphatic rings. The molecule has 2 aromatic rings. The van der Waals surface area contributed by atoms with Gasteiger partial charge in [0, 0.05) is 17.0 Å². The van der Waals surface area contributed by atoms with Crippen molar-refractivity contribution in [2.24, 2.45) is 0 Å². The molecule has 16 heavy (non-hydrogen) atoms. The zero-order chi connectivity index (χ0) is 11.9. The first kappa shape index (κ1) is 10.7. The fraction of sp³-hybridized carbons (Fsp3) is 0.333. The van der Waals surface area contributed by atoms with Crippen LogP contribution in [0.5, 0.6) is 0 Å². The lowest BCUT2D eigenvalue weighted by atomic mass is 10.00. The van der Waals surface area contributed by atoms with E-state index in [-0.39, 0.29) is 17.0 Å². The molecule has 0 fully saturated rings. The Morgan fingerprint density at radius 1 is 1.12 bits per heavy atom. The summed E-state index contributed by atoms with van der Waals surface area (Å²) in [6, 6.07) is 3.41. The topological polar surface area (TPSA) is 65.7 Å². The Bertz CT molecular complexity index is 650. The van der Waals surface area contributed by atoms with E-state index in [1.807, 2.05) is 19.9 Å². The molecule has 2 rings (SSSR count). The van der Waals surface area contributed by atoms with Crippen LogP contribution in [0.4, 0.5) is 0 Å². The Hall–Kier alpha value is -1.84. The minimum absolute atomic E-state index is 0.163. The van der Waals surface area contributed by atoms with Gasteiger partial charge < -0.3 is 9.97 Å². The zero-order valence-corrected chi connectivity index (χ0v) is 9.55. The zero-order valence-electron chi connectivity index (χ0n) is 9.55. The molecule has 0 saturated carbocycles. The van der Waals surface area contributed by atoms with Crippen molar-refractivity contribution in [1.82, 2.24) is 9.97 Å². The van der Waals surface area contributed by atoms with Crippen LogP contribution in [0.2, 0.25) is 0 Å². The first-order chi connectivity index (χ1) is 7.49.